The van der Waals surface area contributed by atoms with Crippen molar-refractivity contribution in [2.24, 2.45) is 0 Å². The molecule has 0 aromatic heterocycles. The number of hydrogen-bond donors (Lipinski definition) is 1. The molecule has 0 saturated carbocycles. The Morgan fingerprint density at radius 1 is 1.17 bits per heavy atom. The maximum absolute atomic E-state index is 13.0. The number of hydrogen-bond acceptors (Lipinski definition) is 4. The van der Waals surface area contributed by atoms with Gasteiger partial charge in [-0.15, -0.1) is 0 Å². The fraction of sp³-hybridized carbons (Fsp3) is 0.632. The van der Waals surface area contributed by atoms with Crippen LogP contribution in [0.4, 0.5) is 0 Å². The second kappa shape index (κ2) is 8.60. The van der Waals surface area contributed by atoms with Gasteiger partial charge in [0.25, 0.3) is 0 Å². The standard InChI is InChI=1S/C19H28N2O3/c22-13-15-24-14-12-20-8-3-9-21(11-10-20)19(23)18-7-6-16-4-1-2-5-17(16)18/h1-2,4-5,18,22H,3,6-15H2. The van der Waals surface area contributed by atoms with Crippen molar-refractivity contribution in [3.05, 3.63) is 35.4 Å². The quantitative estimate of drug-likeness (QED) is 0.797. The first-order chi connectivity index (χ1) is 11.8. The third kappa shape index (κ3) is 4.15. The van der Waals surface area contributed by atoms with E-state index in [0.29, 0.717) is 19.1 Å². The van der Waals surface area contributed by atoms with Crippen molar-refractivity contribution in [3.63, 3.8) is 0 Å². The Morgan fingerprint density at radius 3 is 2.92 bits per heavy atom. The van der Waals surface area contributed by atoms with Crippen LogP contribution >= 0.6 is 0 Å². The molecule has 1 amide bonds. The van der Waals surface area contributed by atoms with Gasteiger partial charge >= 0.3 is 0 Å². The minimum Gasteiger partial charge on any atom is -0.394 e. The number of carbonyl (C=O) groups excluding carboxylic acids is 1. The smallest absolute Gasteiger partial charge is 0.230 e. The van der Waals surface area contributed by atoms with Crippen LogP contribution < -0.4 is 0 Å². The molecular weight excluding hydrogens is 304 g/mol. The van der Waals surface area contributed by atoms with Crippen LogP contribution in [0.15, 0.2) is 24.3 Å². The molecule has 1 atom stereocenters. The molecule has 132 valence electrons. The van der Waals surface area contributed by atoms with Gasteiger partial charge < -0.3 is 14.7 Å². The number of benzene rings is 1. The number of fused-ring (bicyclic) bond motifs is 1. The van der Waals surface area contributed by atoms with Crippen LogP contribution in [0.2, 0.25) is 0 Å². The molecule has 1 heterocycles. The maximum atomic E-state index is 13.0. The molecule has 3 rings (SSSR count). The van der Waals surface area contributed by atoms with Gasteiger partial charge in [0.05, 0.1) is 25.7 Å². The third-order valence-electron chi connectivity index (χ3n) is 5.12. The molecule has 1 fully saturated rings. The summed E-state index contributed by atoms with van der Waals surface area (Å²) >= 11 is 0. The topological polar surface area (TPSA) is 53.0 Å². The van der Waals surface area contributed by atoms with Gasteiger partial charge in [0.1, 0.15) is 0 Å². The molecule has 1 aliphatic carbocycles. The zero-order valence-electron chi connectivity index (χ0n) is 14.3. The number of amides is 1. The molecule has 1 N–H and O–H groups in total. The van der Waals surface area contributed by atoms with Crippen LogP contribution in [0.25, 0.3) is 0 Å². The predicted molar refractivity (Wildman–Crippen MR) is 93.0 cm³/mol. The van der Waals surface area contributed by atoms with Gasteiger partial charge in [0.15, 0.2) is 0 Å². The summed E-state index contributed by atoms with van der Waals surface area (Å²) in [6, 6.07) is 8.38. The lowest BCUT2D eigenvalue weighted by molar-refractivity contribution is -0.132. The Hall–Kier alpha value is -1.43. The molecule has 1 aromatic carbocycles. The van der Waals surface area contributed by atoms with Crippen LogP contribution in [0.1, 0.15) is 29.9 Å². The van der Waals surface area contributed by atoms with Crippen molar-refractivity contribution in [2.45, 2.75) is 25.2 Å². The van der Waals surface area contributed by atoms with Gasteiger partial charge in [-0.3, -0.25) is 9.69 Å². The van der Waals surface area contributed by atoms with Crippen LogP contribution in [-0.2, 0) is 16.0 Å². The molecule has 0 spiro atoms. The summed E-state index contributed by atoms with van der Waals surface area (Å²) in [5.74, 6) is 0.360. The summed E-state index contributed by atoms with van der Waals surface area (Å²) in [5, 5.41) is 8.73. The number of aliphatic hydroxyl groups is 1. The molecule has 2 aliphatic rings. The lowest BCUT2D eigenvalue weighted by atomic mass is 10.00. The second-order valence-electron chi connectivity index (χ2n) is 6.65. The van der Waals surface area contributed by atoms with Crippen molar-refractivity contribution >= 4 is 5.91 Å². The van der Waals surface area contributed by atoms with E-state index < -0.39 is 0 Å². The van der Waals surface area contributed by atoms with Crippen molar-refractivity contribution in [2.75, 3.05) is 52.5 Å². The predicted octanol–water partition coefficient (Wildman–Crippen LogP) is 1.26. The van der Waals surface area contributed by atoms with Crippen LogP contribution in [0.3, 0.4) is 0 Å². The first kappa shape index (κ1) is 17.4. The van der Waals surface area contributed by atoms with Crippen molar-refractivity contribution in [3.8, 4) is 0 Å². The van der Waals surface area contributed by atoms with Gasteiger partial charge in [-0.2, -0.15) is 0 Å². The Morgan fingerprint density at radius 2 is 2.04 bits per heavy atom. The summed E-state index contributed by atoms with van der Waals surface area (Å²) in [4.78, 5) is 17.4. The molecule has 0 bridgehead atoms. The monoisotopic (exact) mass is 332 g/mol. The van der Waals surface area contributed by atoms with E-state index in [9.17, 15) is 4.79 Å². The third-order valence-corrected chi connectivity index (χ3v) is 5.12. The number of nitrogens with zero attached hydrogens (tertiary/aromatic N) is 2. The van der Waals surface area contributed by atoms with E-state index in [1.54, 1.807) is 0 Å². The first-order valence-electron chi connectivity index (χ1n) is 9.07. The van der Waals surface area contributed by atoms with Crippen LogP contribution in [-0.4, -0.2) is 73.4 Å². The van der Waals surface area contributed by atoms with Crippen LogP contribution in [0.5, 0.6) is 0 Å². The molecule has 0 radical (unpaired) electrons. The van der Waals surface area contributed by atoms with Crippen molar-refractivity contribution in [1.29, 1.82) is 0 Å². The number of carbonyl (C=O) groups is 1. The maximum Gasteiger partial charge on any atom is 0.230 e. The Kier molecular flexibility index (Phi) is 6.24. The molecule has 1 saturated heterocycles. The van der Waals surface area contributed by atoms with Gasteiger partial charge in [0.2, 0.25) is 5.91 Å². The molecule has 1 aromatic rings. The summed E-state index contributed by atoms with van der Waals surface area (Å²) in [5.41, 5.74) is 2.58. The average Bonchev–Trinajstić information content (AvgIpc) is 2.90. The van der Waals surface area contributed by atoms with E-state index in [2.05, 4.69) is 28.0 Å². The average molecular weight is 332 g/mol. The highest BCUT2D eigenvalue weighted by Gasteiger charge is 2.32. The summed E-state index contributed by atoms with van der Waals surface area (Å²) in [6.45, 7) is 5.56. The molecule has 5 nitrogen and oxygen atoms in total. The highest BCUT2D eigenvalue weighted by atomic mass is 16.5. The number of aryl methyl sites for hydroxylation is 1. The molecule has 24 heavy (non-hydrogen) atoms. The minimum absolute atomic E-state index is 0.0561. The van der Waals surface area contributed by atoms with E-state index in [0.717, 1.165) is 52.0 Å². The van der Waals surface area contributed by atoms with E-state index in [-0.39, 0.29) is 12.5 Å². The minimum atomic E-state index is 0.0561. The van der Waals surface area contributed by atoms with Crippen molar-refractivity contribution in [1.82, 2.24) is 9.80 Å². The van der Waals surface area contributed by atoms with Gasteiger partial charge in [-0.05, 0) is 36.9 Å². The summed E-state index contributed by atoms with van der Waals surface area (Å²) in [6.07, 6.45) is 2.99. The van der Waals surface area contributed by atoms with Crippen LogP contribution in [0, 0.1) is 0 Å². The van der Waals surface area contributed by atoms with E-state index in [1.165, 1.54) is 11.1 Å². The number of rotatable bonds is 6. The molecule has 5 heteroatoms. The fourth-order valence-corrected chi connectivity index (χ4v) is 3.81. The molecule has 1 aliphatic heterocycles. The first-order valence-corrected chi connectivity index (χ1v) is 9.07. The largest absolute Gasteiger partial charge is 0.394 e. The number of aliphatic hydroxyl groups excluding tert-OH is 1. The molecule has 1 unspecified atom stereocenters. The van der Waals surface area contributed by atoms with E-state index in [1.807, 2.05) is 6.07 Å². The highest BCUT2D eigenvalue weighted by Crippen LogP contribution is 2.34. The lowest BCUT2D eigenvalue weighted by Gasteiger charge is -2.25. The van der Waals surface area contributed by atoms with Gasteiger partial charge in [0, 0.05) is 26.2 Å². The zero-order chi connectivity index (χ0) is 16.8. The second-order valence-corrected chi connectivity index (χ2v) is 6.65. The Labute approximate surface area is 144 Å². The number of ether oxygens (including phenoxy) is 1. The lowest BCUT2D eigenvalue weighted by Crippen LogP contribution is -2.38. The highest BCUT2D eigenvalue weighted by molar-refractivity contribution is 5.85. The summed E-state index contributed by atoms with van der Waals surface area (Å²) < 4.78 is 5.35. The Bertz CT molecular complexity index is 549. The Balaban J connectivity index is 1.52. The SMILES string of the molecule is O=C(C1CCc2ccccc21)N1CCCN(CCOCCO)CC1. The van der Waals surface area contributed by atoms with E-state index >= 15 is 0 Å². The van der Waals surface area contributed by atoms with Crippen molar-refractivity contribution < 1.29 is 14.6 Å². The summed E-state index contributed by atoms with van der Waals surface area (Å²) in [7, 11) is 0. The zero-order valence-corrected chi connectivity index (χ0v) is 14.3. The van der Waals surface area contributed by atoms with Gasteiger partial charge in [-0.1, -0.05) is 24.3 Å². The van der Waals surface area contributed by atoms with Gasteiger partial charge in [-0.25, -0.2) is 0 Å². The van der Waals surface area contributed by atoms with E-state index in [4.69, 9.17) is 9.84 Å². The molecular formula is C19H28N2O3. The normalized spacial score (nSPS) is 21.5. The fourth-order valence-electron chi connectivity index (χ4n) is 3.81.